The van der Waals surface area contributed by atoms with Crippen molar-refractivity contribution in [3.05, 3.63) is 10.6 Å². The zero-order valence-corrected chi connectivity index (χ0v) is 6.56. The molecule has 0 aliphatic carbocycles. The van der Waals surface area contributed by atoms with E-state index in [1.54, 1.807) is 0 Å². The third-order valence-electron chi connectivity index (χ3n) is 0.747. The number of azo groups is 1. The SMILES string of the molecule is O=C1C=C(Br)C(Cl)N=N1. The molecule has 0 bridgehead atoms. The molecule has 0 saturated heterocycles. The van der Waals surface area contributed by atoms with Crippen LogP contribution in [0.4, 0.5) is 0 Å². The van der Waals surface area contributed by atoms with Crippen LogP contribution in [-0.2, 0) is 4.79 Å². The van der Waals surface area contributed by atoms with Crippen molar-refractivity contribution >= 4 is 33.4 Å². The molecule has 1 aliphatic heterocycles. The first-order chi connectivity index (χ1) is 4.20. The molecular weight excluding hydrogens is 207 g/mol. The third kappa shape index (κ3) is 1.59. The second kappa shape index (κ2) is 2.58. The number of hydrogen-bond acceptors (Lipinski definition) is 2. The maximum absolute atomic E-state index is 10.4. The molecule has 1 heterocycles. The maximum Gasteiger partial charge on any atom is 0.288 e. The quantitative estimate of drug-likeness (QED) is 0.443. The third-order valence-corrected chi connectivity index (χ3v) is 2.00. The monoisotopic (exact) mass is 208 g/mol. The van der Waals surface area contributed by atoms with E-state index in [4.69, 9.17) is 11.6 Å². The second-order valence-corrected chi connectivity index (χ2v) is 2.75. The minimum absolute atomic E-state index is 0.376. The molecule has 9 heavy (non-hydrogen) atoms. The van der Waals surface area contributed by atoms with E-state index in [1.807, 2.05) is 0 Å². The van der Waals surface area contributed by atoms with E-state index in [2.05, 4.69) is 26.2 Å². The summed E-state index contributed by atoms with van der Waals surface area (Å²) in [5, 5.41) is 6.63. The van der Waals surface area contributed by atoms with E-state index in [-0.39, 0.29) is 5.91 Å². The first-order valence-electron chi connectivity index (χ1n) is 2.16. The maximum atomic E-state index is 10.4. The molecule has 0 N–H and O–H groups in total. The molecule has 1 amide bonds. The summed E-state index contributed by atoms with van der Waals surface area (Å²) in [6, 6.07) is 0. The second-order valence-electron chi connectivity index (χ2n) is 1.42. The van der Waals surface area contributed by atoms with E-state index in [9.17, 15) is 4.79 Å². The number of nitrogens with zero attached hydrogens (tertiary/aromatic N) is 2. The van der Waals surface area contributed by atoms with Crippen LogP contribution in [0.2, 0.25) is 0 Å². The van der Waals surface area contributed by atoms with Crippen molar-refractivity contribution in [1.29, 1.82) is 0 Å². The number of hydrogen-bond donors (Lipinski definition) is 0. The molecule has 1 atom stereocenters. The van der Waals surface area contributed by atoms with Crippen LogP contribution in [0.3, 0.4) is 0 Å². The Bertz CT molecular complexity index is 201. The molecule has 1 aliphatic rings. The van der Waals surface area contributed by atoms with Crippen molar-refractivity contribution in [1.82, 2.24) is 0 Å². The van der Waals surface area contributed by atoms with Gasteiger partial charge in [-0.1, -0.05) is 27.5 Å². The molecule has 0 aromatic carbocycles. The molecule has 5 heteroatoms. The Kier molecular flexibility index (Phi) is 1.97. The van der Waals surface area contributed by atoms with Gasteiger partial charge >= 0.3 is 0 Å². The number of carbonyl (C=O) groups is 1. The zero-order chi connectivity index (χ0) is 6.85. The number of carbonyl (C=O) groups excluding carboxylic acids is 1. The van der Waals surface area contributed by atoms with Crippen molar-refractivity contribution < 1.29 is 4.79 Å². The molecule has 1 rings (SSSR count). The van der Waals surface area contributed by atoms with E-state index in [1.165, 1.54) is 6.08 Å². The Hall–Kier alpha value is -0.220. The van der Waals surface area contributed by atoms with Gasteiger partial charge < -0.3 is 0 Å². The van der Waals surface area contributed by atoms with E-state index >= 15 is 0 Å². The Morgan fingerprint density at radius 1 is 1.78 bits per heavy atom. The highest BCUT2D eigenvalue weighted by molar-refractivity contribution is 9.11. The molecule has 48 valence electrons. The molecule has 0 fully saturated rings. The summed E-state index contributed by atoms with van der Waals surface area (Å²) in [4.78, 5) is 10.4. The summed E-state index contributed by atoms with van der Waals surface area (Å²) in [5.74, 6) is -0.376. The van der Waals surface area contributed by atoms with Crippen molar-refractivity contribution in [2.75, 3.05) is 0 Å². The van der Waals surface area contributed by atoms with Gasteiger partial charge in [0.2, 0.25) is 0 Å². The molecule has 1 unspecified atom stereocenters. The van der Waals surface area contributed by atoms with Gasteiger partial charge in [-0.3, -0.25) is 4.79 Å². The van der Waals surface area contributed by atoms with Crippen LogP contribution in [0.1, 0.15) is 0 Å². The lowest BCUT2D eigenvalue weighted by Gasteiger charge is -2.02. The predicted octanol–water partition coefficient (Wildman–Crippen LogP) is 1.82. The molecular formula is C4H2BrClN2O. The van der Waals surface area contributed by atoms with Crippen molar-refractivity contribution in [3.8, 4) is 0 Å². The lowest BCUT2D eigenvalue weighted by atomic mass is 10.4. The van der Waals surface area contributed by atoms with E-state index in [0.29, 0.717) is 4.48 Å². The summed E-state index contributed by atoms with van der Waals surface area (Å²) in [5.41, 5.74) is -0.525. The van der Waals surface area contributed by atoms with Crippen molar-refractivity contribution in [2.45, 2.75) is 5.50 Å². The Morgan fingerprint density at radius 2 is 2.44 bits per heavy atom. The average Bonchev–Trinajstić information content (AvgIpc) is 1.80. The zero-order valence-electron chi connectivity index (χ0n) is 4.21. The van der Waals surface area contributed by atoms with Gasteiger partial charge in [-0.15, -0.1) is 5.11 Å². The largest absolute Gasteiger partial charge is 0.288 e. The van der Waals surface area contributed by atoms with Crippen LogP contribution in [-0.4, -0.2) is 11.4 Å². The van der Waals surface area contributed by atoms with Gasteiger partial charge in [-0.25, -0.2) is 0 Å². The predicted molar refractivity (Wildman–Crippen MR) is 36.5 cm³/mol. The summed E-state index contributed by atoms with van der Waals surface area (Å²) < 4.78 is 0.559. The summed E-state index contributed by atoms with van der Waals surface area (Å²) in [6.07, 6.45) is 1.30. The molecule has 0 spiro atoms. The lowest BCUT2D eigenvalue weighted by Crippen LogP contribution is -2.02. The summed E-state index contributed by atoms with van der Waals surface area (Å²) in [7, 11) is 0. The Labute approximate surface area is 64.9 Å². The minimum atomic E-state index is -0.525. The van der Waals surface area contributed by atoms with Gasteiger partial charge in [0.15, 0.2) is 5.50 Å². The summed E-state index contributed by atoms with van der Waals surface area (Å²) in [6.45, 7) is 0. The fourth-order valence-corrected chi connectivity index (χ4v) is 0.772. The highest BCUT2D eigenvalue weighted by Gasteiger charge is 2.12. The number of amides is 1. The van der Waals surface area contributed by atoms with Crippen molar-refractivity contribution in [3.63, 3.8) is 0 Å². The minimum Gasteiger partial charge on any atom is -0.266 e. The Morgan fingerprint density at radius 3 is 2.89 bits per heavy atom. The van der Waals surface area contributed by atoms with Crippen molar-refractivity contribution in [2.24, 2.45) is 10.2 Å². The number of alkyl halides is 1. The van der Waals surface area contributed by atoms with Crippen LogP contribution < -0.4 is 0 Å². The van der Waals surface area contributed by atoms with Crippen LogP contribution in [0, 0.1) is 0 Å². The van der Waals surface area contributed by atoms with Gasteiger partial charge in [-0.2, -0.15) is 5.11 Å². The van der Waals surface area contributed by atoms with Crippen LogP contribution in [0.15, 0.2) is 20.8 Å². The number of halogens is 2. The Balaban J connectivity index is 2.82. The first-order valence-corrected chi connectivity index (χ1v) is 3.39. The normalized spacial score (nSPS) is 26.2. The van der Waals surface area contributed by atoms with Crippen LogP contribution >= 0.6 is 27.5 Å². The van der Waals surface area contributed by atoms with Gasteiger partial charge in [-0.05, 0) is 0 Å². The van der Waals surface area contributed by atoms with Gasteiger partial charge in [0, 0.05) is 10.6 Å². The molecule has 0 aromatic heterocycles. The van der Waals surface area contributed by atoms with Crippen LogP contribution in [0.5, 0.6) is 0 Å². The fourth-order valence-electron chi connectivity index (χ4n) is 0.378. The first kappa shape index (κ1) is 6.89. The van der Waals surface area contributed by atoms with Gasteiger partial charge in [0.05, 0.1) is 0 Å². The standard InChI is InChI=1S/C4H2BrClN2O/c5-2-1-3(9)7-8-4(2)6/h1,4H. The smallest absolute Gasteiger partial charge is 0.266 e. The molecule has 0 saturated carbocycles. The average molecular weight is 209 g/mol. The lowest BCUT2D eigenvalue weighted by molar-refractivity contribution is -0.114. The number of rotatable bonds is 0. The molecule has 0 radical (unpaired) electrons. The van der Waals surface area contributed by atoms with Gasteiger partial charge in [0.1, 0.15) is 0 Å². The van der Waals surface area contributed by atoms with Crippen LogP contribution in [0.25, 0.3) is 0 Å². The molecule has 3 nitrogen and oxygen atoms in total. The fraction of sp³-hybridized carbons (Fsp3) is 0.250. The highest BCUT2D eigenvalue weighted by atomic mass is 79.9. The van der Waals surface area contributed by atoms with E-state index < -0.39 is 5.50 Å². The van der Waals surface area contributed by atoms with Gasteiger partial charge in [0.25, 0.3) is 5.91 Å². The van der Waals surface area contributed by atoms with E-state index in [0.717, 1.165) is 0 Å². The summed E-state index contributed by atoms with van der Waals surface area (Å²) >= 11 is 8.55. The topological polar surface area (TPSA) is 41.8 Å². The highest BCUT2D eigenvalue weighted by Crippen LogP contribution is 2.21. The molecule has 0 aromatic rings.